The van der Waals surface area contributed by atoms with Gasteiger partial charge in [0, 0.05) is 12.1 Å². The SMILES string of the molecule is CNC1CCC(N2CCCCCC2)CC1. The van der Waals surface area contributed by atoms with Crippen molar-refractivity contribution in [3.05, 3.63) is 0 Å². The number of nitrogens with zero attached hydrogens (tertiary/aromatic N) is 1. The van der Waals surface area contributed by atoms with Crippen LogP contribution in [0.1, 0.15) is 51.4 Å². The van der Waals surface area contributed by atoms with Crippen molar-refractivity contribution in [1.82, 2.24) is 10.2 Å². The minimum absolute atomic E-state index is 0.799. The summed E-state index contributed by atoms with van der Waals surface area (Å²) < 4.78 is 0. The third-order valence-corrected chi connectivity index (χ3v) is 4.26. The Hall–Kier alpha value is -0.0800. The topological polar surface area (TPSA) is 15.3 Å². The number of nitrogens with one attached hydrogen (secondary N) is 1. The lowest BCUT2D eigenvalue weighted by molar-refractivity contribution is 0.150. The van der Waals surface area contributed by atoms with E-state index < -0.39 is 0 Å². The maximum Gasteiger partial charge on any atom is 0.00964 e. The number of likely N-dealkylation sites (tertiary alicyclic amines) is 1. The van der Waals surface area contributed by atoms with E-state index in [1.807, 2.05) is 0 Å². The summed E-state index contributed by atoms with van der Waals surface area (Å²) in [6.07, 6.45) is 11.4. The van der Waals surface area contributed by atoms with Gasteiger partial charge in [0.2, 0.25) is 0 Å². The van der Waals surface area contributed by atoms with Crippen molar-refractivity contribution in [3.8, 4) is 0 Å². The van der Waals surface area contributed by atoms with E-state index in [9.17, 15) is 0 Å². The van der Waals surface area contributed by atoms with Crippen LogP contribution in [0.3, 0.4) is 0 Å². The molecule has 2 rings (SSSR count). The smallest absolute Gasteiger partial charge is 0.00964 e. The van der Waals surface area contributed by atoms with Crippen molar-refractivity contribution in [1.29, 1.82) is 0 Å². The molecule has 2 aliphatic rings. The third-order valence-electron chi connectivity index (χ3n) is 4.26. The van der Waals surface area contributed by atoms with Crippen molar-refractivity contribution in [2.75, 3.05) is 20.1 Å². The molecule has 0 spiro atoms. The molecule has 0 bridgehead atoms. The highest BCUT2D eigenvalue weighted by atomic mass is 15.2. The van der Waals surface area contributed by atoms with Gasteiger partial charge in [0.15, 0.2) is 0 Å². The molecule has 1 aliphatic heterocycles. The standard InChI is InChI=1S/C13H26N2/c1-14-12-6-8-13(9-7-12)15-10-4-2-3-5-11-15/h12-14H,2-11H2,1H3. The average molecular weight is 210 g/mol. The Morgan fingerprint density at radius 2 is 1.47 bits per heavy atom. The molecule has 1 N–H and O–H groups in total. The summed E-state index contributed by atoms with van der Waals surface area (Å²) in [6.45, 7) is 2.74. The summed E-state index contributed by atoms with van der Waals surface area (Å²) in [5.74, 6) is 0. The summed E-state index contributed by atoms with van der Waals surface area (Å²) in [7, 11) is 2.11. The predicted molar refractivity (Wildman–Crippen MR) is 65.1 cm³/mol. The Labute approximate surface area is 94.4 Å². The van der Waals surface area contributed by atoms with Crippen LogP contribution in [0, 0.1) is 0 Å². The van der Waals surface area contributed by atoms with E-state index in [4.69, 9.17) is 0 Å². The van der Waals surface area contributed by atoms with Crippen molar-refractivity contribution in [2.24, 2.45) is 0 Å². The molecule has 1 saturated heterocycles. The Bertz CT molecular complexity index is 165. The van der Waals surface area contributed by atoms with E-state index >= 15 is 0 Å². The summed E-state index contributed by atoms with van der Waals surface area (Å²) in [5, 5.41) is 3.42. The number of hydrogen-bond acceptors (Lipinski definition) is 2. The van der Waals surface area contributed by atoms with Gasteiger partial charge < -0.3 is 10.2 Å². The first-order valence-corrected chi connectivity index (χ1v) is 6.81. The fourth-order valence-corrected chi connectivity index (χ4v) is 3.19. The summed E-state index contributed by atoms with van der Waals surface area (Å²) >= 11 is 0. The van der Waals surface area contributed by atoms with Gasteiger partial charge in [-0.05, 0) is 58.7 Å². The van der Waals surface area contributed by atoms with Crippen LogP contribution in [0.5, 0.6) is 0 Å². The van der Waals surface area contributed by atoms with Crippen molar-refractivity contribution in [3.63, 3.8) is 0 Å². The lowest BCUT2D eigenvalue weighted by atomic mass is 9.90. The van der Waals surface area contributed by atoms with Gasteiger partial charge in [-0.3, -0.25) is 0 Å². The monoisotopic (exact) mass is 210 g/mol. The molecule has 88 valence electrons. The first-order valence-electron chi connectivity index (χ1n) is 6.81. The van der Waals surface area contributed by atoms with Crippen LogP contribution < -0.4 is 5.32 Å². The van der Waals surface area contributed by atoms with E-state index in [-0.39, 0.29) is 0 Å². The van der Waals surface area contributed by atoms with Gasteiger partial charge in [0.1, 0.15) is 0 Å². The largest absolute Gasteiger partial charge is 0.317 e. The van der Waals surface area contributed by atoms with E-state index in [1.54, 1.807) is 0 Å². The maximum atomic E-state index is 3.42. The molecule has 0 radical (unpaired) electrons. The minimum Gasteiger partial charge on any atom is -0.317 e. The zero-order valence-corrected chi connectivity index (χ0v) is 10.2. The molecular formula is C13H26N2. The van der Waals surface area contributed by atoms with Crippen LogP contribution >= 0.6 is 0 Å². The molecule has 2 heteroatoms. The third kappa shape index (κ3) is 3.18. The molecule has 0 unspecified atom stereocenters. The van der Waals surface area contributed by atoms with Gasteiger partial charge >= 0.3 is 0 Å². The Morgan fingerprint density at radius 3 is 2.00 bits per heavy atom. The molecule has 0 atom stereocenters. The highest BCUT2D eigenvalue weighted by molar-refractivity contribution is 4.82. The van der Waals surface area contributed by atoms with Crippen molar-refractivity contribution >= 4 is 0 Å². The quantitative estimate of drug-likeness (QED) is 0.753. The van der Waals surface area contributed by atoms with Crippen LogP contribution in [0.2, 0.25) is 0 Å². The average Bonchev–Trinajstić information content (AvgIpc) is 2.58. The Morgan fingerprint density at radius 1 is 0.867 bits per heavy atom. The zero-order valence-electron chi connectivity index (χ0n) is 10.2. The highest BCUT2D eigenvalue weighted by Crippen LogP contribution is 2.25. The van der Waals surface area contributed by atoms with Gasteiger partial charge in [-0.15, -0.1) is 0 Å². The van der Waals surface area contributed by atoms with E-state index in [1.165, 1.54) is 64.5 Å². The second kappa shape index (κ2) is 5.86. The van der Waals surface area contributed by atoms with Gasteiger partial charge in [0.25, 0.3) is 0 Å². The maximum absolute atomic E-state index is 3.42. The van der Waals surface area contributed by atoms with Crippen molar-refractivity contribution < 1.29 is 0 Å². The van der Waals surface area contributed by atoms with Gasteiger partial charge in [-0.1, -0.05) is 12.8 Å². The normalized spacial score (nSPS) is 35.0. The summed E-state index contributed by atoms with van der Waals surface area (Å²) in [4.78, 5) is 2.78. The fraction of sp³-hybridized carbons (Fsp3) is 1.00. The first-order chi connectivity index (χ1) is 7.40. The second-order valence-electron chi connectivity index (χ2n) is 5.24. The van der Waals surface area contributed by atoms with E-state index in [2.05, 4.69) is 17.3 Å². The van der Waals surface area contributed by atoms with Crippen LogP contribution in [0.4, 0.5) is 0 Å². The lowest BCUT2D eigenvalue weighted by Crippen LogP contribution is -2.42. The van der Waals surface area contributed by atoms with E-state index in [0.29, 0.717) is 0 Å². The summed E-state index contributed by atoms with van der Waals surface area (Å²) in [6, 6.07) is 1.71. The minimum atomic E-state index is 0.799. The van der Waals surface area contributed by atoms with Crippen LogP contribution in [-0.2, 0) is 0 Å². The highest BCUT2D eigenvalue weighted by Gasteiger charge is 2.25. The van der Waals surface area contributed by atoms with Gasteiger partial charge in [0.05, 0.1) is 0 Å². The zero-order chi connectivity index (χ0) is 10.5. The van der Waals surface area contributed by atoms with Crippen LogP contribution in [0.15, 0.2) is 0 Å². The molecule has 1 saturated carbocycles. The molecule has 0 aromatic heterocycles. The molecule has 1 heterocycles. The summed E-state index contributed by atoms with van der Waals surface area (Å²) in [5.41, 5.74) is 0. The van der Waals surface area contributed by atoms with Crippen LogP contribution in [-0.4, -0.2) is 37.1 Å². The van der Waals surface area contributed by atoms with Crippen LogP contribution in [0.25, 0.3) is 0 Å². The molecule has 15 heavy (non-hydrogen) atoms. The fourth-order valence-electron chi connectivity index (χ4n) is 3.19. The molecule has 2 nitrogen and oxygen atoms in total. The first kappa shape index (κ1) is 11.4. The van der Waals surface area contributed by atoms with Crippen molar-refractivity contribution in [2.45, 2.75) is 63.5 Å². The predicted octanol–water partition coefficient (Wildman–Crippen LogP) is 2.39. The Kier molecular flexibility index (Phi) is 4.45. The molecule has 0 amide bonds. The van der Waals surface area contributed by atoms with E-state index in [0.717, 1.165) is 12.1 Å². The molecule has 0 aromatic carbocycles. The molecule has 2 fully saturated rings. The van der Waals surface area contributed by atoms with Gasteiger partial charge in [-0.25, -0.2) is 0 Å². The molecule has 1 aliphatic carbocycles. The lowest BCUT2D eigenvalue weighted by Gasteiger charge is -2.36. The molecule has 0 aromatic rings. The number of hydrogen-bond donors (Lipinski definition) is 1. The molecular weight excluding hydrogens is 184 g/mol. The second-order valence-corrected chi connectivity index (χ2v) is 5.24. The van der Waals surface area contributed by atoms with Gasteiger partial charge in [-0.2, -0.15) is 0 Å². The Balaban J connectivity index is 1.78. The number of rotatable bonds is 2.